The minimum atomic E-state index is -0.0898. The van der Waals surface area contributed by atoms with E-state index in [-0.39, 0.29) is 6.03 Å². The van der Waals surface area contributed by atoms with Crippen LogP contribution in [0.2, 0.25) is 5.02 Å². The first kappa shape index (κ1) is 19.8. The quantitative estimate of drug-likeness (QED) is 0.838. The standard InChI is InChI=1S/C18H29ClN4O2/c1-14-12-16(17(25-4)13-15(14)19)20-18(24)23-10-8-22(9-11-23)7-5-6-21(2)3/h12-13H,5-11H2,1-4H3,(H,20,24). The Bertz CT molecular complexity index is 587. The van der Waals surface area contributed by atoms with Gasteiger partial charge in [0, 0.05) is 37.3 Å². The van der Waals surface area contributed by atoms with Gasteiger partial charge in [0.15, 0.2) is 0 Å². The summed E-state index contributed by atoms with van der Waals surface area (Å²) in [5.41, 5.74) is 1.56. The number of aryl methyl sites for hydroxylation is 1. The number of anilines is 1. The molecule has 140 valence electrons. The van der Waals surface area contributed by atoms with Gasteiger partial charge in [0.2, 0.25) is 0 Å². The number of halogens is 1. The summed E-state index contributed by atoms with van der Waals surface area (Å²) < 4.78 is 5.32. The second-order valence-electron chi connectivity index (χ2n) is 6.72. The molecule has 0 bridgehead atoms. The van der Waals surface area contributed by atoms with Crippen LogP contribution in [0.3, 0.4) is 0 Å². The molecule has 2 rings (SSSR count). The molecular formula is C18H29ClN4O2. The fourth-order valence-electron chi connectivity index (χ4n) is 2.91. The van der Waals surface area contributed by atoms with Crippen molar-refractivity contribution in [2.24, 2.45) is 0 Å². The van der Waals surface area contributed by atoms with Gasteiger partial charge in [-0.3, -0.25) is 4.90 Å². The van der Waals surface area contributed by atoms with Crippen molar-refractivity contribution in [1.29, 1.82) is 0 Å². The van der Waals surface area contributed by atoms with Gasteiger partial charge in [0.05, 0.1) is 12.8 Å². The van der Waals surface area contributed by atoms with Crippen molar-refractivity contribution in [1.82, 2.24) is 14.7 Å². The van der Waals surface area contributed by atoms with E-state index in [0.717, 1.165) is 51.3 Å². The first-order valence-electron chi connectivity index (χ1n) is 8.68. The SMILES string of the molecule is COc1cc(Cl)c(C)cc1NC(=O)N1CCN(CCCN(C)C)CC1. The molecule has 1 saturated heterocycles. The van der Waals surface area contributed by atoms with Gasteiger partial charge in [-0.05, 0) is 52.2 Å². The Morgan fingerprint density at radius 3 is 2.56 bits per heavy atom. The summed E-state index contributed by atoms with van der Waals surface area (Å²) in [7, 11) is 5.76. The number of hydrogen-bond acceptors (Lipinski definition) is 4. The second kappa shape index (κ2) is 9.27. The summed E-state index contributed by atoms with van der Waals surface area (Å²) in [5, 5.41) is 3.58. The lowest BCUT2D eigenvalue weighted by atomic mass is 10.2. The van der Waals surface area contributed by atoms with Crippen LogP contribution < -0.4 is 10.1 Å². The van der Waals surface area contributed by atoms with Crippen LogP contribution >= 0.6 is 11.6 Å². The van der Waals surface area contributed by atoms with Gasteiger partial charge < -0.3 is 19.9 Å². The third-order valence-corrected chi connectivity index (χ3v) is 4.87. The van der Waals surface area contributed by atoms with Crippen LogP contribution in [-0.2, 0) is 0 Å². The molecule has 25 heavy (non-hydrogen) atoms. The second-order valence-corrected chi connectivity index (χ2v) is 7.12. The van der Waals surface area contributed by atoms with Crippen LogP contribution in [0.25, 0.3) is 0 Å². The van der Waals surface area contributed by atoms with Crippen LogP contribution in [0.15, 0.2) is 12.1 Å². The first-order valence-corrected chi connectivity index (χ1v) is 9.05. The van der Waals surface area contributed by atoms with Crippen molar-refractivity contribution >= 4 is 23.3 Å². The maximum Gasteiger partial charge on any atom is 0.322 e. The molecule has 1 aromatic rings. The summed E-state index contributed by atoms with van der Waals surface area (Å²) in [5.74, 6) is 0.575. The fraction of sp³-hybridized carbons (Fsp3) is 0.611. The lowest BCUT2D eigenvalue weighted by Crippen LogP contribution is -2.50. The van der Waals surface area contributed by atoms with Gasteiger partial charge >= 0.3 is 6.03 Å². The van der Waals surface area contributed by atoms with Gasteiger partial charge in [-0.25, -0.2) is 4.79 Å². The highest BCUT2D eigenvalue weighted by Crippen LogP contribution is 2.31. The van der Waals surface area contributed by atoms with Crippen molar-refractivity contribution < 1.29 is 9.53 Å². The number of ether oxygens (including phenoxy) is 1. The average Bonchev–Trinajstić information content (AvgIpc) is 2.58. The average molecular weight is 369 g/mol. The number of piperazine rings is 1. The van der Waals surface area contributed by atoms with Gasteiger partial charge in [0.1, 0.15) is 5.75 Å². The highest BCUT2D eigenvalue weighted by atomic mass is 35.5. The zero-order chi connectivity index (χ0) is 18.4. The Balaban J connectivity index is 1.86. The molecule has 6 nitrogen and oxygen atoms in total. The Kier molecular flexibility index (Phi) is 7.35. The third-order valence-electron chi connectivity index (χ3n) is 4.46. The highest BCUT2D eigenvalue weighted by Gasteiger charge is 2.22. The molecule has 1 N–H and O–H groups in total. The number of amides is 2. The molecule has 0 spiro atoms. The minimum absolute atomic E-state index is 0.0898. The van der Waals surface area contributed by atoms with Crippen molar-refractivity contribution in [3.05, 3.63) is 22.7 Å². The number of benzene rings is 1. The van der Waals surface area contributed by atoms with Crippen LogP contribution in [0.5, 0.6) is 5.75 Å². The number of carbonyl (C=O) groups is 1. The van der Waals surface area contributed by atoms with E-state index in [1.807, 2.05) is 17.9 Å². The largest absolute Gasteiger partial charge is 0.495 e. The van der Waals surface area contributed by atoms with Gasteiger partial charge in [-0.2, -0.15) is 0 Å². The summed E-state index contributed by atoms with van der Waals surface area (Å²) in [6.45, 7) is 7.39. The van der Waals surface area contributed by atoms with E-state index in [2.05, 4.69) is 29.2 Å². The van der Waals surface area contributed by atoms with Crippen molar-refractivity contribution in [3.8, 4) is 5.75 Å². The summed E-state index contributed by atoms with van der Waals surface area (Å²) in [6, 6.07) is 3.49. The number of nitrogens with zero attached hydrogens (tertiary/aromatic N) is 3. The van der Waals surface area contributed by atoms with Gasteiger partial charge in [-0.1, -0.05) is 11.6 Å². The van der Waals surface area contributed by atoms with E-state index < -0.39 is 0 Å². The maximum absolute atomic E-state index is 12.5. The van der Waals surface area contributed by atoms with E-state index in [9.17, 15) is 4.79 Å². The molecular weight excluding hydrogens is 340 g/mol. The summed E-state index contributed by atoms with van der Waals surface area (Å²) in [4.78, 5) is 19.0. The predicted octanol–water partition coefficient (Wildman–Crippen LogP) is 2.76. The molecule has 2 amide bonds. The molecule has 1 heterocycles. The van der Waals surface area contributed by atoms with Crippen LogP contribution in [0, 0.1) is 6.92 Å². The number of hydrogen-bond donors (Lipinski definition) is 1. The first-order chi connectivity index (χ1) is 11.9. The Morgan fingerprint density at radius 1 is 1.28 bits per heavy atom. The molecule has 1 aromatic carbocycles. The number of carbonyl (C=O) groups excluding carboxylic acids is 1. The monoisotopic (exact) mass is 368 g/mol. The zero-order valence-corrected chi connectivity index (χ0v) is 16.4. The number of rotatable bonds is 6. The smallest absolute Gasteiger partial charge is 0.322 e. The molecule has 0 atom stereocenters. The van der Waals surface area contributed by atoms with Crippen molar-refractivity contribution in [2.45, 2.75) is 13.3 Å². The van der Waals surface area contributed by atoms with E-state index in [4.69, 9.17) is 16.3 Å². The molecule has 0 unspecified atom stereocenters. The lowest BCUT2D eigenvalue weighted by molar-refractivity contribution is 0.144. The molecule has 0 saturated carbocycles. The number of methoxy groups -OCH3 is 1. The molecule has 0 aliphatic carbocycles. The van der Waals surface area contributed by atoms with Crippen LogP contribution in [0.1, 0.15) is 12.0 Å². The molecule has 1 fully saturated rings. The fourth-order valence-corrected chi connectivity index (χ4v) is 3.06. The summed E-state index contributed by atoms with van der Waals surface area (Å²) >= 11 is 6.12. The topological polar surface area (TPSA) is 48.1 Å². The van der Waals surface area contributed by atoms with E-state index in [1.165, 1.54) is 0 Å². The third kappa shape index (κ3) is 5.76. The highest BCUT2D eigenvalue weighted by molar-refractivity contribution is 6.31. The van der Waals surface area contributed by atoms with E-state index >= 15 is 0 Å². The number of urea groups is 1. The zero-order valence-electron chi connectivity index (χ0n) is 15.6. The lowest BCUT2D eigenvalue weighted by Gasteiger charge is -2.35. The van der Waals surface area contributed by atoms with E-state index in [0.29, 0.717) is 16.5 Å². The van der Waals surface area contributed by atoms with Gasteiger partial charge in [-0.15, -0.1) is 0 Å². The predicted molar refractivity (Wildman–Crippen MR) is 103 cm³/mol. The van der Waals surface area contributed by atoms with Gasteiger partial charge in [0.25, 0.3) is 0 Å². The van der Waals surface area contributed by atoms with E-state index in [1.54, 1.807) is 13.2 Å². The maximum atomic E-state index is 12.5. The van der Waals surface area contributed by atoms with Crippen molar-refractivity contribution in [3.63, 3.8) is 0 Å². The Morgan fingerprint density at radius 2 is 1.96 bits per heavy atom. The van der Waals surface area contributed by atoms with Crippen LogP contribution in [-0.4, -0.2) is 81.2 Å². The molecule has 0 aromatic heterocycles. The number of nitrogens with one attached hydrogen (secondary N) is 1. The Labute approximate surface area is 155 Å². The molecule has 1 aliphatic heterocycles. The Hall–Kier alpha value is -1.50. The minimum Gasteiger partial charge on any atom is -0.495 e. The molecule has 0 radical (unpaired) electrons. The molecule has 1 aliphatic rings. The summed E-state index contributed by atoms with van der Waals surface area (Å²) in [6.07, 6.45) is 1.15. The van der Waals surface area contributed by atoms with Crippen LogP contribution in [0.4, 0.5) is 10.5 Å². The molecule has 7 heteroatoms. The normalized spacial score (nSPS) is 15.5. The van der Waals surface area contributed by atoms with Crippen molar-refractivity contribution in [2.75, 3.05) is 65.8 Å².